The lowest BCUT2D eigenvalue weighted by Gasteiger charge is -2.26. The quantitative estimate of drug-likeness (QED) is 0.860. The molecule has 3 rings (SSSR count). The molecular formula is C17H24N6O2S. The van der Waals surface area contributed by atoms with Gasteiger partial charge >= 0.3 is 0 Å². The van der Waals surface area contributed by atoms with E-state index >= 15 is 0 Å². The lowest BCUT2D eigenvalue weighted by atomic mass is 10.1. The van der Waals surface area contributed by atoms with Gasteiger partial charge in [-0.3, -0.25) is 0 Å². The zero-order valence-corrected chi connectivity index (χ0v) is 16.3. The topological polar surface area (TPSA) is 91.3 Å². The average Bonchev–Trinajstić information content (AvgIpc) is 3.07. The van der Waals surface area contributed by atoms with Crippen LogP contribution >= 0.6 is 0 Å². The van der Waals surface area contributed by atoms with Crippen LogP contribution in [-0.4, -0.2) is 52.6 Å². The minimum absolute atomic E-state index is 0.283. The van der Waals surface area contributed by atoms with E-state index in [0.29, 0.717) is 23.9 Å². The van der Waals surface area contributed by atoms with Gasteiger partial charge in [-0.1, -0.05) is 6.07 Å². The standard InChI is InChI=1S/C17H24N6O2S/c1-12-7-5-9-18-17(12)21-16-11-14(19-13(2)20-16)15-8-6-10-23(15)26(24,25)22(3)4/h5,7,9,11,15H,6,8,10H2,1-4H3,(H,18,19,20,21)/t15-/m0/s1. The van der Waals surface area contributed by atoms with Crippen molar-refractivity contribution in [3.63, 3.8) is 0 Å². The van der Waals surface area contributed by atoms with E-state index in [1.165, 1.54) is 8.61 Å². The third-order valence-corrected chi connectivity index (χ3v) is 6.37. The molecule has 1 saturated heterocycles. The van der Waals surface area contributed by atoms with Crippen molar-refractivity contribution in [2.24, 2.45) is 0 Å². The largest absolute Gasteiger partial charge is 0.325 e. The smallest absolute Gasteiger partial charge is 0.282 e. The molecule has 0 unspecified atom stereocenters. The first kappa shape index (κ1) is 18.7. The van der Waals surface area contributed by atoms with Gasteiger partial charge in [0.1, 0.15) is 17.5 Å². The fourth-order valence-electron chi connectivity index (χ4n) is 3.08. The third kappa shape index (κ3) is 3.69. The van der Waals surface area contributed by atoms with Crippen LogP contribution in [0.5, 0.6) is 0 Å². The Kier molecular flexibility index (Phi) is 5.22. The molecule has 2 aromatic heterocycles. The summed E-state index contributed by atoms with van der Waals surface area (Å²) in [6.07, 6.45) is 3.27. The van der Waals surface area contributed by atoms with Crippen LogP contribution in [0, 0.1) is 13.8 Å². The monoisotopic (exact) mass is 376 g/mol. The lowest BCUT2D eigenvalue weighted by Crippen LogP contribution is -2.39. The molecule has 2 aromatic rings. The van der Waals surface area contributed by atoms with E-state index in [4.69, 9.17) is 0 Å². The van der Waals surface area contributed by atoms with Crippen LogP contribution in [0.1, 0.15) is 36.0 Å². The Hall–Kier alpha value is -2.10. The summed E-state index contributed by atoms with van der Waals surface area (Å²) in [6, 6.07) is 5.37. The van der Waals surface area contributed by atoms with Gasteiger partial charge in [0, 0.05) is 32.9 Å². The summed E-state index contributed by atoms with van der Waals surface area (Å²) in [4.78, 5) is 13.3. The summed E-state index contributed by atoms with van der Waals surface area (Å²) in [5, 5.41) is 3.21. The average molecular weight is 376 g/mol. The van der Waals surface area contributed by atoms with Gasteiger partial charge in [-0.05, 0) is 38.3 Å². The molecule has 0 amide bonds. The van der Waals surface area contributed by atoms with Crippen molar-refractivity contribution in [3.8, 4) is 0 Å². The van der Waals surface area contributed by atoms with Gasteiger partial charge in [0.25, 0.3) is 10.2 Å². The second-order valence-electron chi connectivity index (χ2n) is 6.58. The summed E-state index contributed by atoms with van der Waals surface area (Å²) >= 11 is 0. The summed E-state index contributed by atoms with van der Waals surface area (Å²) in [5.74, 6) is 1.93. The summed E-state index contributed by atoms with van der Waals surface area (Å²) in [7, 11) is -0.395. The second-order valence-corrected chi connectivity index (χ2v) is 8.67. The molecule has 9 heteroatoms. The van der Waals surface area contributed by atoms with Gasteiger partial charge in [0.2, 0.25) is 0 Å². The van der Waals surface area contributed by atoms with E-state index in [1.807, 2.05) is 25.1 Å². The fraction of sp³-hybridized carbons (Fsp3) is 0.471. The summed E-state index contributed by atoms with van der Waals surface area (Å²) in [6.45, 7) is 4.27. The van der Waals surface area contributed by atoms with Crippen molar-refractivity contribution in [3.05, 3.63) is 41.5 Å². The number of pyridine rings is 1. The fourth-order valence-corrected chi connectivity index (χ4v) is 4.40. The van der Waals surface area contributed by atoms with Gasteiger partial charge in [0.05, 0.1) is 11.7 Å². The van der Waals surface area contributed by atoms with E-state index in [2.05, 4.69) is 20.3 Å². The highest BCUT2D eigenvalue weighted by atomic mass is 32.2. The van der Waals surface area contributed by atoms with Crippen molar-refractivity contribution in [2.45, 2.75) is 32.7 Å². The molecule has 8 nitrogen and oxygen atoms in total. The van der Waals surface area contributed by atoms with Gasteiger partial charge in [0.15, 0.2) is 0 Å². The minimum atomic E-state index is -3.49. The highest BCUT2D eigenvalue weighted by Gasteiger charge is 2.37. The molecule has 1 atom stereocenters. The number of aryl methyl sites for hydroxylation is 2. The maximum absolute atomic E-state index is 12.6. The van der Waals surface area contributed by atoms with E-state index in [-0.39, 0.29) is 6.04 Å². The first-order valence-corrected chi connectivity index (χ1v) is 9.92. The number of aromatic nitrogens is 3. The summed E-state index contributed by atoms with van der Waals surface area (Å²) < 4.78 is 28.0. The lowest BCUT2D eigenvalue weighted by molar-refractivity contribution is 0.357. The van der Waals surface area contributed by atoms with E-state index < -0.39 is 10.2 Å². The van der Waals surface area contributed by atoms with Gasteiger partial charge in [-0.25, -0.2) is 15.0 Å². The molecule has 1 aliphatic rings. The number of rotatable bonds is 5. The van der Waals surface area contributed by atoms with Crippen molar-refractivity contribution in [1.82, 2.24) is 23.6 Å². The van der Waals surface area contributed by atoms with E-state index in [0.717, 1.165) is 24.2 Å². The summed E-state index contributed by atoms with van der Waals surface area (Å²) in [5.41, 5.74) is 1.71. The molecule has 0 aliphatic carbocycles. The Morgan fingerprint density at radius 3 is 2.73 bits per heavy atom. The van der Waals surface area contributed by atoms with Crippen molar-refractivity contribution >= 4 is 21.8 Å². The van der Waals surface area contributed by atoms with Gasteiger partial charge in [-0.15, -0.1) is 0 Å². The molecular weight excluding hydrogens is 352 g/mol. The Morgan fingerprint density at radius 2 is 2.04 bits per heavy atom. The van der Waals surface area contributed by atoms with Crippen LogP contribution in [0.2, 0.25) is 0 Å². The van der Waals surface area contributed by atoms with E-state index in [1.54, 1.807) is 27.2 Å². The Balaban J connectivity index is 1.94. The zero-order valence-electron chi connectivity index (χ0n) is 15.5. The van der Waals surface area contributed by atoms with Crippen molar-refractivity contribution in [1.29, 1.82) is 0 Å². The number of nitrogens with one attached hydrogen (secondary N) is 1. The minimum Gasteiger partial charge on any atom is -0.325 e. The number of nitrogens with zero attached hydrogens (tertiary/aromatic N) is 5. The molecule has 1 aliphatic heterocycles. The van der Waals surface area contributed by atoms with Crippen LogP contribution < -0.4 is 5.32 Å². The van der Waals surface area contributed by atoms with Crippen molar-refractivity contribution in [2.75, 3.05) is 26.0 Å². The molecule has 3 heterocycles. The Labute approximate surface area is 154 Å². The van der Waals surface area contributed by atoms with E-state index in [9.17, 15) is 8.42 Å². The maximum atomic E-state index is 12.6. The van der Waals surface area contributed by atoms with Crippen LogP contribution in [0.25, 0.3) is 0 Å². The molecule has 0 spiro atoms. The third-order valence-electron chi connectivity index (χ3n) is 4.42. The molecule has 0 aromatic carbocycles. The number of anilines is 2. The Morgan fingerprint density at radius 1 is 1.27 bits per heavy atom. The molecule has 1 N–H and O–H groups in total. The van der Waals surface area contributed by atoms with Crippen LogP contribution in [0.15, 0.2) is 24.4 Å². The van der Waals surface area contributed by atoms with Crippen LogP contribution in [0.3, 0.4) is 0 Å². The van der Waals surface area contributed by atoms with Crippen molar-refractivity contribution < 1.29 is 8.42 Å². The van der Waals surface area contributed by atoms with Gasteiger partial charge in [-0.2, -0.15) is 17.0 Å². The molecule has 26 heavy (non-hydrogen) atoms. The van der Waals surface area contributed by atoms with Crippen LogP contribution in [0.4, 0.5) is 11.6 Å². The molecule has 140 valence electrons. The SMILES string of the molecule is Cc1nc(Nc2ncccc2C)cc([C@@H]2CCCN2S(=O)(=O)N(C)C)n1. The highest BCUT2D eigenvalue weighted by molar-refractivity contribution is 7.86. The maximum Gasteiger partial charge on any atom is 0.282 e. The van der Waals surface area contributed by atoms with Gasteiger partial charge < -0.3 is 5.32 Å². The molecule has 1 fully saturated rings. The molecule has 0 saturated carbocycles. The predicted molar refractivity (Wildman–Crippen MR) is 100 cm³/mol. The molecule has 0 bridgehead atoms. The number of hydrogen-bond donors (Lipinski definition) is 1. The van der Waals surface area contributed by atoms with Crippen LogP contribution in [-0.2, 0) is 10.2 Å². The highest BCUT2D eigenvalue weighted by Crippen LogP contribution is 2.34. The predicted octanol–water partition coefficient (Wildman–Crippen LogP) is 2.18. The Bertz CT molecular complexity index is 900. The first-order chi connectivity index (χ1) is 12.3. The second kappa shape index (κ2) is 7.26. The zero-order chi connectivity index (χ0) is 18.9. The first-order valence-electron chi connectivity index (χ1n) is 8.52. The molecule has 0 radical (unpaired) electrons. The normalized spacial score (nSPS) is 18.4. The number of hydrogen-bond acceptors (Lipinski definition) is 6.